The van der Waals surface area contributed by atoms with Crippen molar-refractivity contribution in [2.24, 2.45) is 5.73 Å². The van der Waals surface area contributed by atoms with Crippen LogP contribution in [0.25, 0.3) is 0 Å². The number of nitrogens with two attached hydrogens (primary N) is 1. The highest BCUT2D eigenvalue weighted by molar-refractivity contribution is 5.24. The molecular formula is C7H8F2N2O. The first kappa shape index (κ1) is 8.86. The number of hydrogen-bond donors (Lipinski definition) is 2. The van der Waals surface area contributed by atoms with E-state index in [2.05, 4.69) is 4.98 Å². The number of rotatable bonds is 2. The molecule has 1 rings (SSSR count). The minimum atomic E-state index is -2.65. The van der Waals surface area contributed by atoms with Crippen LogP contribution in [0.15, 0.2) is 17.1 Å². The predicted octanol–water partition coefficient (Wildman–Crippen LogP) is 0.771. The van der Waals surface area contributed by atoms with Gasteiger partial charge in [0.05, 0.1) is 0 Å². The van der Waals surface area contributed by atoms with Gasteiger partial charge in [0, 0.05) is 23.9 Å². The van der Waals surface area contributed by atoms with Gasteiger partial charge < -0.3 is 10.7 Å². The maximum Gasteiger partial charge on any atom is 0.264 e. The van der Waals surface area contributed by atoms with Crippen LogP contribution < -0.4 is 11.3 Å². The second-order valence-electron chi connectivity index (χ2n) is 2.25. The van der Waals surface area contributed by atoms with Gasteiger partial charge >= 0.3 is 0 Å². The summed E-state index contributed by atoms with van der Waals surface area (Å²) in [5.41, 5.74) is 4.25. The molecule has 0 saturated heterocycles. The zero-order valence-corrected chi connectivity index (χ0v) is 6.18. The molecule has 0 saturated carbocycles. The highest BCUT2D eigenvalue weighted by atomic mass is 19.3. The molecule has 0 radical (unpaired) electrons. The van der Waals surface area contributed by atoms with E-state index in [4.69, 9.17) is 5.73 Å². The summed E-state index contributed by atoms with van der Waals surface area (Å²) in [6.45, 7) is -0.171. The third kappa shape index (κ3) is 1.50. The monoisotopic (exact) mass is 174 g/mol. The largest absolute Gasteiger partial charge is 0.329 e. The minimum Gasteiger partial charge on any atom is -0.329 e. The molecule has 0 spiro atoms. The van der Waals surface area contributed by atoms with Crippen molar-refractivity contribution in [3.63, 3.8) is 0 Å². The maximum atomic E-state index is 12.2. The molecule has 5 heteroatoms. The molecule has 0 bridgehead atoms. The Morgan fingerprint density at radius 3 is 2.67 bits per heavy atom. The number of halogens is 2. The molecule has 0 fully saturated rings. The number of aromatic amines is 1. The van der Waals surface area contributed by atoms with E-state index in [0.717, 1.165) is 6.07 Å². The quantitative estimate of drug-likeness (QED) is 0.695. The zero-order chi connectivity index (χ0) is 9.14. The van der Waals surface area contributed by atoms with Crippen LogP contribution in [0.1, 0.15) is 17.6 Å². The third-order valence-electron chi connectivity index (χ3n) is 1.54. The Hall–Kier alpha value is -1.23. The van der Waals surface area contributed by atoms with Crippen LogP contribution in [0.2, 0.25) is 0 Å². The molecule has 0 aliphatic carbocycles. The summed E-state index contributed by atoms with van der Waals surface area (Å²) in [4.78, 5) is 13.2. The highest BCUT2D eigenvalue weighted by Gasteiger charge is 2.13. The van der Waals surface area contributed by atoms with Crippen LogP contribution in [0.3, 0.4) is 0 Å². The van der Waals surface area contributed by atoms with Gasteiger partial charge in [-0.1, -0.05) is 0 Å². The number of aromatic nitrogens is 1. The fourth-order valence-electron chi connectivity index (χ4n) is 0.941. The van der Waals surface area contributed by atoms with Crippen LogP contribution in [0.4, 0.5) is 8.78 Å². The lowest BCUT2D eigenvalue weighted by Crippen LogP contribution is -2.18. The molecule has 0 aliphatic rings. The third-order valence-corrected chi connectivity index (χ3v) is 1.54. The molecule has 0 atom stereocenters. The molecule has 0 aliphatic heterocycles. The lowest BCUT2D eigenvalue weighted by molar-refractivity contribution is 0.150. The van der Waals surface area contributed by atoms with Crippen molar-refractivity contribution >= 4 is 0 Å². The molecule has 1 heterocycles. The van der Waals surface area contributed by atoms with Gasteiger partial charge in [-0.15, -0.1) is 0 Å². The molecule has 1 aromatic rings. The van der Waals surface area contributed by atoms with Gasteiger partial charge in [0.25, 0.3) is 12.0 Å². The van der Waals surface area contributed by atoms with Crippen LogP contribution in [-0.2, 0) is 6.54 Å². The van der Waals surface area contributed by atoms with E-state index in [1.54, 1.807) is 0 Å². The van der Waals surface area contributed by atoms with Gasteiger partial charge in [0.15, 0.2) is 0 Å². The fraction of sp³-hybridized carbons (Fsp3) is 0.286. The number of H-pyrrole nitrogens is 1. The van der Waals surface area contributed by atoms with Gasteiger partial charge in [-0.2, -0.15) is 0 Å². The lowest BCUT2D eigenvalue weighted by atomic mass is 10.1. The van der Waals surface area contributed by atoms with Gasteiger partial charge in [0.1, 0.15) is 0 Å². The fourth-order valence-corrected chi connectivity index (χ4v) is 0.941. The normalized spacial score (nSPS) is 10.7. The minimum absolute atomic E-state index is 0.0486. The molecule has 3 nitrogen and oxygen atoms in total. The first-order chi connectivity index (χ1) is 5.66. The lowest BCUT2D eigenvalue weighted by Gasteiger charge is -2.03. The maximum absolute atomic E-state index is 12.2. The summed E-state index contributed by atoms with van der Waals surface area (Å²) in [6, 6.07) is 1.16. The molecule has 3 N–H and O–H groups in total. The van der Waals surface area contributed by atoms with E-state index in [1.807, 2.05) is 0 Å². The zero-order valence-electron chi connectivity index (χ0n) is 6.18. The number of alkyl halides is 2. The highest BCUT2D eigenvalue weighted by Crippen LogP contribution is 2.19. The standard InChI is InChI=1S/C7H8F2N2O/c8-6(9)4-1-2-11-7(12)5(4)3-10/h1-2,6H,3,10H2,(H,11,12). The Kier molecular flexibility index (Phi) is 2.54. The Morgan fingerprint density at radius 1 is 1.58 bits per heavy atom. The molecule has 0 unspecified atom stereocenters. The predicted molar refractivity (Wildman–Crippen MR) is 39.9 cm³/mol. The molecule has 0 amide bonds. The smallest absolute Gasteiger partial charge is 0.264 e. The summed E-state index contributed by atoms with van der Waals surface area (Å²) in [5.74, 6) is 0. The van der Waals surface area contributed by atoms with Crippen LogP contribution in [-0.4, -0.2) is 4.98 Å². The summed E-state index contributed by atoms with van der Waals surface area (Å²) in [6.07, 6.45) is -1.46. The van der Waals surface area contributed by atoms with Crippen molar-refractivity contribution in [1.82, 2.24) is 4.98 Å². The van der Waals surface area contributed by atoms with Crippen molar-refractivity contribution in [1.29, 1.82) is 0 Å². The van der Waals surface area contributed by atoms with E-state index >= 15 is 0 Å². The Balaban J connectivity index is 3.28. The summed E-state index contributed by atoms with van der Waals surface area (Å²) < 4.78 is 24.4. The second-order valence-corrected chi connectivity index (χ2v) is 2.25. The molecule has 66 valence electrons. The van der Waals surface area contributed by atoms with Crippen LogP contribution in [0.5, 0.6) is 0 Å². The van der Waals surface area contributed by atoms with Crippen molar-refractivity contribution in [2.75, 3.05) is 0 Å². The number of hydrogen-bond acceptors (Lipinski definition) is 2. The van der Waals surface area contributed by atoms with Crippen molar-refractivity contribution < 1.29 is 8.78 Å². The number of nitrogens with one attached hydrogen (secondary N) is 1. The first-order valence-electron chi connectivity index (χ1n) is 3.35. The average Bonchev–Trinajstić information content (AvgIpc) is 2.03. The molecule has 12 heavy (non-hydrogen) atoms. The molecule has 0 aromatic carbocycles. The second kappa shape index (κ2) is 3.44. The Labute approximate surface area is 67.2 Å². The van der Waals surface area contributed by atoms with E-state index in [9.17, 15) is 13.6 Å². The summed E-state index contributed by atoms with van der Waals surface area (Å²) in [7, 11) is 0. The Morgan fingerprint density at radius 2 is 2.25 bits per heavy atom. The van der Waals surface area contributed by atoms with Crippen molar-refractivity contribution in [3.8, 4) is 0 Å². The van der Waals surface area contributed by atoms with Gasteiger partial charge in [-0.05, 0) is 6.07 Å². The number of pyridine rings is 1. The van der Waals surface area contributed by atoms with Gasteiger partial charge in [-0.25, -0.2) is 8.78 Å². The molecular weight excluding hydrogens is 166 g/mol. The summed E-state index contributed by atoms with van der Waals surface area (Å²) >= 11 is 0. The van der Waals surface area contributed by atoms with Crippen LogP contribution >= 0.6 is 0 Å². The summed E-state index contributed by atoms with van der Waals surface area (Å²) in [5, 5.41) is 0. The average molecular weight is 174 g/mol. The van der Waals surface area contributed by atoms with E-state index < -0.39 is 12.0 Å². The SMILES string of the molecule is NCc1c(C(F)F)cc[nH]c1=O. The molecule has 1 aromatic heterocycles. The first-order valence-corrected chi connectivity index (χ1v) is 3.35. The van der Waals surface area contributed by atoms with Gasteiger partial charge in [0.2, 0.25) is 0 Å². The Bertz CT molecular complexity index is 321. The van der Waals surface area contributed by atoms with Crippen molar-refractivity contribution in [3.05, 3.63) is 33.7 Å². The van der Waals surface area contributed by atoms with Crippen molar-refractivity contribution in [2.45, 2.75) is 13.0 Å². The topological polar surface area (TPSA) is 58.9 Å². The van der Waals surface area contributed by atoms with E-state index in [1.165, 1.54) is 6.20 Å². The van der Waals surface area contributed by atoms with Crippen LogP contribution in [0, 0.1) is 0 Å². The van der Waals surface area contributed by atoms with Gasteiger partial charge in [-0.3, -0.25) is 4.79 Å². The van der Waals surface area contributed by atoms with E-state index in [0.29, 0.717) is 0 Å². The van der Waals surface area contributed by atoms with E-state index in [-0.39, 0.29) is 17.7 Å².